The van der Waals surface area contributed by atoms with Crippen molar-refractivity contribution in [2.75, 3.05) is 11.0 Å². The van der Waals surface area contributed by atoms with E-state index >= 15 is 0 Å². The van der Waals surface area contributed by atoms with Crippen molar-refractivity contribution in [3.05, 3.63) is 34.7 Å². The van der Waals surface area contributed by atoms with E-state index in [9.17, 15) is 4.79 Å². The highest BCUT2D eigenvalue weighted by atomic mass is 127. The first-order valence-corrected chi connectivity index (χ1v) is 10.0. The summed E-state index contributed by atoms with van der Waals surface area (Å²) in [4.78, 5) is 16.7. The quantitative estimate of drug-likeness (QED) is 0.0965. The minimum atomic E-state index is -0.531. The number of alkyl halides is 1. The van der Waals surface area contributed by atoms with Crippen LogP contribution < -0.4 is 4.74 Å². The van der Waals surface area contributed by atoms with E-state index in [1.54, 1.807) is 19.2 Å². The lowest BCUT2D eigenvalue weighted by Crippen LogP contribution is -2.41. The van der Waals surface area contributed by atoms with Crippen LogP contribution in [0, 0.1) is 0 Å². The largest absolute Gasteiger partial charge is 0.492 e. The Morgan fingerprint density at radius 2 is 2.12 bits per heavy atom. The van der Waals surface area contributed by atoms with Gasteiger partial charge in [-0.15, -0.1) is 0 Å². The summed E-state index contributed by atoms with van der Waals surface area (Å²) in [5.74, 6) is 0.442. The molecule has 1 amide bonds. The zero-order chi connectivity index (χ0) is 19.7. The third-order valence-corrected chi connectivity index (χ3v) is 4.44. The highest BCUT2D eigenvalue weighted by Gasteiger charge is 2.29. The Hall–Kier alpha value is -1.35. The van der Waals surface area contributed by atoms with Gasteiger partial charge in [0.2, 0.25) is 5.88 Å². The zero-order valence-electron chi connectivity index (χ0n) is 15.6. The molecule has 0 unspecified atom stereocenters. The standard InChI is InChI=1S/C18H25ClIN3O3/c1-13(16(19)17(24)23(21-5)18(2,3)4)26-12-14-7-8-15(22-11-14)25-10-6-9-20/h7-8,11H,5-6,9-10,12H2,1-4H3/b16-13-. The van der Waals surface area contributed by atoms with Gasteiger partial charge in [0.05, 0.1) is 12.1 Å². The Morgan fingerprint density at radius 3 is 2.62 bits per heavy atom. The predicted molar refractivity (Wildman–Crippen MR) is 113 cm³/mol. The number of hydrogen-bond donors (Lipinski definition) is 0. The van der Waals surface area contributed by atoms with Crippen molar-refractivity contribution < 1.29 is 14.3 Å². The third kappa shape index (κ3) is 7.11. The van der Waals surface area contributed by atoms with Gasteiger partial charge in [0.25, 0.3) is 5.91 Å². The average Bonchev–Trinajstić information content (AvgIpc) is 2.59. The molecule has 26 heavy (non-hydrogen) atoms. The third-order valence-electron chi connectivity index (χ3n) is 3.25. The minimum Gasteiger partial charge on any atom is -0.492 e. The summed E-state index contributed by atoms with van der Waals surface area (Å²) >= 11 is 8.47. The van der Waals surface area contributed by atoms with E-state index in [2.05, 4.69) is 39.4 Å². The smallest absolute Gasteiger partial charge is 0.289 e. The molecule has 0 fully saturated rings. The number of ether oxygens (including phenoxy) is 2. The van der Waals surface area contributed by atoms with E-state index in [-0.39, 0.29) is 11.6 Å². The molecular weight excluding hydrogens is 469 g/mol. The van der Waals surface area contributed by atoms with Gasteiger partial charge in [-0.05, 0) is 40.2 Å². The van der Waals surface area contributed by atoms with Gasteiger partial charge in [-0.3, -0.25) is 4.79 Å². The Bertz CT molecular complexity index is 642. The molecule has 0 aliphatic carbocycles. The monoisotopic (exact) mass is 493 g/mol. The fourth-order valence-electron chi connectivity index (χ4n) is 1.89. The highest BCUT2D eigenvalue weighted by Crippen LogP contribution is 2.22. The van der Waals surface area contributed by atoms with Crippen LogP contribution in [0.15, 0.2) is 34.2 Å². The lowest BCUT2D eigenvalue weighted by Gasteiger charge is -2.30. The first-order chi connectivity index (χ1) is 12.2. The Kier molecular flexibility index (Phi) is 9.35. The molecule has 1 rings (SSSR count). The lowest BCUT2D eigenvalue weighted by atomic mass is 10.1. The van der Waals surface area contributed by atoms with E-state index in [1.165, 1.54) is 5.01 Å². The fourth-order valence-corrected chi connectivity index (χ4v) is 2.34. The summed E-state index contributed by atoms with van der Waals surface area (Å²) in [7, 11) is 0. The lowest BCUT2D eigenvalue weighted by molar-refractivity contribution is -0.131. The second-order valence-electron chi connectivity index (χ2n) is 6.48. The van der Waals surface area contributed by atoms with Crippen molar-refractivity contribution in [2.45, 2.75) is 46.3 Å². The molecule has 0 N–H and O–H groups in total. The fraction of sp³-hybridized carbons (Fsp3) is 0.500. The number of aromatic nitrogens is 1. The van der Waals surface area contributed by atoms with E-state index in [0.29, 0.717) is 18.2 Å². The van der Waals surface area contributed by atoms with Crippen LogP contribution in [0.5, 0.6) is 5.88 Å². The highest BCUT2D eigenvalue weighted by molar-refractivity contribution is 14.1. The number of hydrogen-bond acceptors (Lipinski definition) is 5. The summed E-state index contributed by atoms with van der Waals surface area (Å²) in [5.41, 5.74) is 0.313. The van der Waals surface area contributed by atoms with Crippen LogP contribution in [0.25, 0.3) is 0 Å². The number of amides is 1. The molecule has 0 spiro atoms. The topological polar surface area (TPSA) is 64.0 Å². The maximum atomic E-state index is 12.4. The van der Waals surface area contributed by atoms with Crippen molar-refractivity contribution in [3.63, 3.8) is 0 Å². The van der Waals surface area contributed by atoms with E-state index < -0.39 is 11.4 Å². The molecule has 8 heteroatoms. The zero-order valence-corrected chi connectivity index (χ0v) is 18.5. The number of carbonyl (C=O) groups is 1. The van der Waals surface area contributed by atoms with Crippen molar-refractivity contribution in [3.8, 4) is 5.88 Å². The number of hydrazone groups is 1. The SMILES string of the molecule is C=NN(C(=O)/C(Cl)=C(\C)OCc1ccc(OCCCI)nc1)C(C)(C)C. The molecule has 1 heterocycles. The number of rotatable bonds is 9. The van der Waals surface area contributed by atoms with Gasteiger partial charge >= 0.3 is 0 Å². The van der Waals surface area contributed by atoms with Crippen molar-refractivity contribution in [2.24, 2.45) is 5.10 Å². The Labute approximate surface area is 173 Å². The predicted octanol–water partition coefficient (Wildman–Crippen LogP) is 4.52. The van der Waals surface area contributed by atoms with Crippen molar-refractivity contribution in [1.29, 1.82) is 0 Å². The normalized spacial score (nSPS) is 12.2. The summed E-state index contributed by atoms with van der Waals surface area (Å²) < 4.78 is 12.2. The molecule has 0 saturated heterocycles. The molecule has 0 radical (unpaired) electrons. The number of allylic oxidation sites excluding steroid dienone is 1. The number of pyridine rings is 1. The summed E-state index contributed by atoms with van der Waals surface area (Å²) in [6.45, 7) is 11.5. The molecule has 0 saturated carbocycles. The van der Waals surface area contributed by atoms with E-state index in [1.807, 2.05) is 26.8 Å². The molecule has 0 aliphatic heterocycles. The van der Waals surface area contributed by atoms with Gasteiger partial charge < -0.3 is 9.47 Å². The van der Waals surface area contributed by atoms with Gasteiger partial charge in [0, 0.05) is 29.0 Å². The maximum absolute atomic E-state index is 12.4. The summed E-state index contributed by atoms with van der Waals surface area (Å²) in [5, 5.41) is 4.96. The van der Waals surface area contributed by atoms with Gasteiger partial charge in [-0.2, -0.15) is 5.10 Å². The van der Waals surface area contributed by atoms with Crippen molar-refractivity contribution >= 4 is 46.8 Å². The number of carbonyl (C=O) groups excluding carboxylic acids is 1. The Morgan fingerprint density at radius 1 is 1.42 bits per heavy atom. The van der Waals surface area contributed by atoms with Crippen LogP contribution in [-0.2, 0) is 16.1 Å². The molecule has 0 atom stereocenters. The summed E-state index contributed by atoms with van der Waals surface area (Å²) in [6, 6.07) is 3.66. The molecular formula is C18H25ClIN3O3. The molecule has 144 valence electrons. The number of nitrogens with zero attached hydrogens (tertiary/aromatic N) is 3. The molecule has 0 aromatic carbocycles. The molecule has 6 nitrogen and oxygen atoms in total. The molecule has 0 aliphatic rings. The molecule has 0 bridgehead atoms. The maximum Gasteiger partial charge on any atom is 0.289 e. The van der Waals surface area contributed by atoms with Crippen LogP contribution in [-0.4, -0.2) is 39.2 Å². The van der Waals surface area contributed by atoms with Gasteiger partial charge in [-0.25, -0.2) is 9.99 Å². The van der Waals surface area contributed by atoms with E-state index in [4.69, 9.17) is 21.1 Å². The summed E-state index contributed by atoms with van der Waals surface area (Å²) in [6.07, 6.45) is 2.66. The first-order valence-electron chi connectivity index (χ1n) is 8.14. The minimum absolute atomic E-state index is 0.0287. The van der Waals surface area contributed by atoms with Gasteiger partial charge in [0.1, 0.15) is 17.4 Å². The van der Waals surface area contributed by atoms with Gasteiger partial charge in [0.15, 0.2) is 0 Å². The van der Waals surface area contributed by atoms with E-state index in [0.717, 1.165) is 16.4 Å². The molecule has 1 aromatic rings. The van der Waals surface area contributed by atoms with Crippen LogP contribution in [0.4, 0.5) is 0 Å². The Balaban J connectivity index is 2.68. The van der Waals surface area contributed by atoms with Crippen LogP contribution in [0.1, 0.15) is 39.7 Å². The number of halogens is 2. The van der Waals surface area contributed by atoms with Crippen LogP contribution in [0.3, 0.4) is 0 Å². The van der Waals surface area contributed by atoms with Crippen LogP contribution in [0.2, 0.25) is 0 Å². The van der Waals surface area contributed by atoms with Gasteiger partial charge in [-0.1, -0.05) is 34.2 Å². The van der Waals surface area contributed by atoms with Crippen LogP contribution >= 0.6 is 34.2 Å². The second-order valence-corrected chi connectivity index (χ2v) is 7.94. The van der Waals surface area contributed by atoms with Crippen molar-refractivity contribution in [1.82, 2.24) is 9.99 Å². The first kappa shape index (κ1) is 22.7. The average molecular weight is 494 g/mol. The second kappa shape index (κ2) is 10.7. The molecule has 1 aromatic heterocycles.